The number of hydrogen-bond acceptors (Lipinski definition) is 5. The second-order valence-electron chi connectivity index (χ2n) is 5.62. The molecule has 2 aromatic rings. The lowest BCUT2D eigenvalue weighted by molar-refractivity contribution is -0.148. The van der Waals surface area contributed by atoms with Crippen molar-refractivity contribution in [2.75, 3.05) is 26.9 Å². The third kappa shape index (κ3) is 6.49. The Morgan fingerprint density at radius 3 is 2.22 bits per heavy atom. The average Bonchev–Trinajstić information content (AvgIpc) is 2.68. The smallest absolute Gasteiger partial charge is 0.325 e. The van der Waals surface area contributed by atoms with Gasteiger partial charge in [0.25, 0.3) is 5.91 Å². The molecule has 0 aliphatic rings. The van der Waals surface area contributed by atoms with Gasteiger partial charge < -0.3 is 19.1 Å². The predicted octanol–water partition coefficient (Wildman–Crippen LogP) is 3.32. The van der Waals surface area contributed by atoms with Crippen LogP contribution in [-0.2, 0) is 20.9 Å². The van der Waals surface area contributed by atoms with E-state index < -0.39 is 5.97 Å². The molecule has 0 aliphatic heterocycles. The normalized spacial score (nSPS) is 10.2. The number of benzene rings is 2. The largest absolute Gasteiger partial charge is 0.490 e. The van der Waals surface area contributed by atoms with E-state index in [9.17, 15) is 9.59 Å². The molecular weight excluding hydrogens is 370 g/mol. The van der Waals surface area contributed by atoms with Gasteiger partial charge in [0.05, 0.1) is 13.7 Å². The zero-order chi connectivity index (χ0) is 19.6. The molecule has 0 spiro atoms. The summed E-state index contributed by atoms with van der Waals surface area (Å²) in [6.45, 7) is 2.19. The fourth-order valence-corrected chi connectivity index (χ4v) is 2.46. The number of hydrogen-bond donors (Lipinski definition) is 0. The first-order chi connectivity index (χ1) is 13.0. The maximum absolute atomic E-state index is 12.6. The molecule has 0 fully saturated rings. The lowest BCUT2D eigenvalue weighted by Crippen LogP contribution is -2.38. The molecule has 1 amide bonds. The predicted molar refractivity (Wildman–Crippen MR) is 102 cm³/mol. The Hall–Kier alpha value is -2.73. The van der Waals surface area contributed by atoms with Crippen LogP contribution in [0.25, 0.3) is 0 Å². The number of nitrogens with zero attached hydrogens (tertiary/aromatic N) is 1. The third-order valence-electron chi connectivity index (χ3n) is 3.69. The van der Waals surface area contributed by atoms with E-state index in [0.717, 1.165) is 5.56 Å². The minimum atomic E-state index is -0.507. The maximum atomic E-state index is 12.6. The first-order valence-corrected chi connectivity index (χ1v) is 8.85. The van der Waals surface area contributed by atoms with Gasteiger partial charge in [0, 0.05) is 11.6 Å². The monoisotopic (exact) mass is 391 g/mol. The molecular formula is C20H22ClNO5. The zero-order valence-electron chi connectivity index (χ0n) is 15.3. The highest BCUT2D eigenvalue weighted by Gasteiger charge is 2.19. The summed E-state index contributed by atoms with van der Waals surface area (Å²) in [7, 11) is 1.28. The fraction of sp³-hybridized carbons (Fsp3) is 0.300. The van der Waals surface area contributed by atoms with Gasteiger partial charge in [0.2, 0.25) is 0 Å². The molecule has 0 saturated heterocycles. The summed E-state index contributed by atoms with van der Waals surface area (Å²) in [5, 5.41) is 0.598. The Morgan fingerprint density at radius 1 is 1.00 bits per heavy atom. The first kappa shape index (κ1) is 20.6. The molecule has 144 valence electrons. The molecule has 0 bridgehead atoms. The van der Waals surface area contributed by atoms with Crippen molar-refractivity contribution in [3.63, 3.8) is 0 Å². The van der Waals surface area contributed by atoms with Crippen LogP contribution in [0.2, 0.25) is 5.02 Å². The number of halogens is 1. The topological polar surface area (TPSA) is 65.1 Å². The van der Waals surface area contributed by atoms with Gasteiger partial charge in [-0.15, -0.1) is 0 Å². The Bertz CT molecular complexity index is 763. The number of ether oxygens (including phenoxy) is 3. The number of esters is 1. The van der Waals surface area contributed by atoms with Crippen molar-refractivity contribution in [2.24, 2.45) is 0 Å². The Balaban J connectivity index is 2.06. The van der Waals surface area contributed by atoms with Crippen LogP contribution >= 0.6 is 11.6 Å². The Morgan fingerprint density at radius 2 is 1.63 bits per heavy atom. The van der Waals surface area contributed by atoms with Crippen molar-refractivity contribution in [2.45, 2.75) is 13.5 Å². The lowest BCUT2D eigenvalue weighted by Gasteiger charge is -2.22. The van der Waals surface area contributed by atoms with Crippen LogP contribution < -0.4 is 9.47 Å². The van der Waals surface area contributed by atoms with E-state index in [2.05, 4.69) is 4.74 Å². The van der Waals surface area contributed by atoms with Crippen molar-refractivity contribution in [3.8, 4) is 11.5 Å². The van der Waals surface area contributed by atoms with Crippen LogP contribution in [0.3, 0.4) is 0 Å². The van der Waals surface area contributed by atoms with E-state index in [1.54, 1.807) is 42.5 Å². The molecule has 0 atom stereocenters. The third-order valence-corrected chi connectivity index (χ3v) is 3.94. The summed E-state index contributed by atoms with van der Waals surface area (Å²) in [6.07, 6.45) is 0. The van der Waals surface area contributed by atoms with Crippen LogP contribution in [0, 0.1) is 0 Å². The first-order valence-electron chi connectivity index (χ1n) is 8.47. The molecule has 0 aliphatic carbocycles. The summed E-state index contributed by atoms with van der Waals surface area (Å²) in [6, 6.07) is 14.2. The van der Waals surface area contributed by atoms with Gasteiger partial charge in [-0.3, -0.25) is 9.59 Å². The molecule has 0 saturated carbocycles. The fourth-order valence-electron chi connectivity index (χ4n) is 2.34. The van der Waals surface area contributed by atoms with Crippen LogP contribution in [-0.4, -0.2) is 43.6 Å². The van der Waals surface area contributed by atoms with Gasteiger partial charge in [0.1, 0.15) is 6.54 Å². The summed E-state index contributed by atoms with van der Waals surface area (Å²) < 4.78 is 15.8. The second kappa shape index (κ2) is 10.4. The van der Waals surface area contributed by atoms with Gasteiger partial charge in [-0.1, -0.05) is 35.9 Å². The van der Waals surface area contributed by atoms with Gasteiger partial charge >= 0.3 is 5.97 Å². The standard InChI is InChI=1S/C20H22ClNO5/c1-3-26-17-6-4-5-7-18(17)27-14-19(23)22(13-20(24)25-2)12-15-8-10-16(21)11-9-15/h4-11H,3,12-14H2,1-2H3. The van der Waals surface area contributed by atoms with Crippen molar-refractivity contribution >= 4 is 23.5 Å². The van der Waals surface area contributed by atoms with Crippen molar-refractivity contribution in [1.82, 2.24) is 4.90 Å². The number of amides is 1. The van der Waals surface area contributed by atoms with Crippen molar-refractivity contribution < 1.29 is 23.8 Å². The zero-order valence-corrected chi connectivity index (χ0v) is 16.1. The SMILES string of the molecule is CCOc1ccccc1OCC(=O)N(CC(=O)OC)Cc1ccc(Cl)cc1. The minimum Gasteiger partial charge on any atom is -0.490 e. The van der Waals surface area contributed by atoms with Crippen LogP contribution in [0.15, 0.2) is 48.5 Å². The number of para-hydroxylation sites is 2. The maximum Gasteiger partial charge on any atom is 0.325 e. The molecule has 6 nitrogen and oxygen atoms in total. The van der Waals surface area contributed by atoms with E-state index >= 15 is 0 Å². The lowest BCUT2D eigenvalue weighted by atomic mass is 10.2. The summed E-state index contributed by atoms with van der Waals surface area (Å²) >= 11 is 5.89. The van der Waals surface area contributed by atoms with Crippen molar-refractivity contribution in [1.29, 1.82) is 0 Å². The molecule has 7 heteroatoms. The molecule has 2 rings (SSSR count). The highest BCUT2D eigenvalue weighted by Crippen LogP contribution is 2.26. The number of methoxy groups -OCH3 is 1. The van der Waals surface area contributed by atoms with Crippen LogP contribution in [0.5, 0.6) is 11.5 Å². The molecule has 2 aromatic carbocycles. The molecule has 27 heavy (non-hydrogen) atoms. The Labute approximate surface area is 163 Å². The van der Waals surface area contributed by atoms with E-state index in [1.165, 1.54) is 12.0 Å². The molecule has 0 heterocycles. The van der Waals surface area contributed by atoms with E-state index in [4.69, 9.17) is 21.1 Å². The second-order valence-corrected chi connectivity index (χ2v) is 6.06. The number of rotatable bonds is 9. The minimum absolute atomic E-state index is 0.172. The average molecular weight is 392 g/mol. The summed E-state index contributed by atoms with van der Waals surface area (Å²) in [4.78, 5) is 25.7. The van der Waals surface area contributed by atoms with Gasteiger partial charge in [-0.05, 0) is 36.8 Å². The highest BCUT2D eigenvalue weighted by molar-refractivity contribution is 6.30. The van der Waals surface area contributed by atoms with E-state index in [1.807, 2.05) is 13.0 Å². The van der Waals surface area contributed by atoms with E-state index in [-0.39, 0.29) is 25.6 Å². The summed E-state index contributed by atoms with van der Waals surface area (Å²) in [5.74, 6) is 0.177. The molecule has 0 unspecified atom stereocenters. The molecule has 0 N–H and O–H groups in total. The van der Waals surface area contributed by atoms with Gasteiger partial charge in [-0.25, -0.2) is 0 Å². The van der Waals surface area contributed by atoms with Crippen LogP contribution in [0.1, 0.15) is 12.5 Å². The van der Waals surface area contributed by atoms with E-state index in [0.29, 0.717) is 23.1 Å². The van der Waals surface area contributed by atoms with Gasteiger partial charge in [-0.2, -0.15) is 0 Å². The Kier molecular flexibility index (Phi) is 7.95. The highest BCUT2D eigenvalue weighted by atomic mass is 35.5. The quantitative estimate of drug-likeness (QED) is 0.613. The number of carbonyl (C=O) groups is 2. The number of carbonyl (C=O) groups excluding carboxylic acids is 2. The molecule has 0 radical (unpaired) electrons. The molecule has 0 aromatic heterocycles. The van der Waals surface area contributed by atoms with Crippen molar-refractivity contribution in [3.05, 3.63) is 59.1 Å². The van der Waals surface area contributed by atoms with Crippen LogP contribution in [0.4, 0.5) is 0 Å². The summed E-state index contributed by atoms with van der Waals surface area (Å²) in [5.41, 5.74) is 0.839. The van der Waals surface area contributed by atoms with Gasteiger partial charge in [0.15, 0.2) is 18.1 Å².